The highest BCUT2D eigenvalue weighted by molar-refractivity contribution is 7.47. The lowest BCUT2D eigenvalue weighted by molar-refractivity contribution is 0.513. The van der Waals surface area contributed by atoms with E-state index in [1.54, 1.807) is 0 Å². The molecule has 0 aliphatic heterocycles. The molecule has 2 nitrogen and oxygen atoms in total. The third-order valence-corrected chi connectivity index (χ3v) is 1.79. The molecule has 1 aromatic carbocycles. The Bertz CT molecular complexity index is 244. The first-order chi connectivity index (χ1) is 4.70. The smallest absolute Gasteiger partial charge is 0.207 e. The first-order valence-corrected chi connectivity index (χ1v) is 3.83. The molecule has 0 fully saturated rings. The third-order valence-electron chi connectivity index (χ3n) is 1.05. The summed E-state index contributed by atoms with van der Waals surface area (Å²) in [6.45, 7) is 0. The molecule has 0 radical (unpaired) electrons. The van der Waals surface area contributed by atoms with Gasteiger partial charge in [-0.1, -0.05) is 0 Å². The number of benzene rings is 1. The van der Waals surface area contributed by atoms with E-state index in [-0.39, 0.29) is 5.30 Å². The molecule has 1 unspecified atom stereocenters. The second kappa shape index (κ2) is 2.86. The first-order valence-electron chi connectivity index (χ1n) is 2.62. The van der Waals surface area contributed by atoms with Crippen LogP contribution in [-0.4, -0.2) is 4.89 Å². The molecule has 0 saturated carbocycles. The average Bonchev–Trinajstić information content (AvgIpc) is 1.88. The zero-order valence-electron chi connectivity index (χ0n) is 4.99. The van der Waals surface area contributed by atoms with Gasteiger partial charge in [0.15, 0.2) is 0 Å². The van der Waals surface area contributed by atoms with Crippen molar-refractivity contribution in [3.63, 3.8) is 0 Å². The molecule has 52 valence electrons. The van der Waals surface area contributed by atoms with Gasteiger partial charge in [-0.25, -0.2) is 4.39 Å². The van der Waals surface area contributed by atoms with Crippen molar-refractivity contribution in [1.82, 2.24) is 0 Å². The normalized spacial score (nSPS) is 11.2. The Morgan fingerprint density at radius 1 is 1.30 bits per heavy atom. The van der Waals surface area contributed by atoms with Gasteiger partial charge in [-0.05, 0) is 28.8 Å². The van der Waals surface area contributed by atoms with Crippen LogP contribution in [0.1, 0.15) is 0 Å². The van der Waals surface area contributed by atoms with Crippen LogP contribution >= 0.6 is 8.03 Å². The van der Waals surface area contributed by atoms with E-state index < -0.39 is 13.8 Å². The summed E-state index contributed by atoms with van der Waals surface area (Å²) in [5, 5.41) is 0.247. The zero-order chi connectivity index (χ0) is 7.56. The van der Waals surface area contributed by atoms with E-state index in [4.69, 9.17) is 4.89 Å². The molecular formula is C6H5FO2P+. The lowest BCUT2D eigenvalue weighted by Gasteiger charge is -1.82. The van der Waals surface area contributed by atoms with E-state index in [0.29, 0.717) is 0 Å². The maximum atomic E-state index is 12.2. The van der Waals surface area contributed by atoms with E-state index in [0.717, 1.165) is 12.1 Å². The van der Waals surface area contributed by atoms with Crippen LogP contribution in [0.2, 0.25) is 0 Å². The van der Waals surface area contributed by atoms with Crippen molar-refractivity contribution >= 4 is 13.3 Å². The zero-order valence-corrected chi connectivity index (χ0v) is 5.88. The summed E-state index contributed by atoms with van der Waals surface area (Å²) in [5.74, 6) is -0.402. The Labute approximate surface area is 58.2 Å². The fraction of sp³-hybridized carbons (Fsp3) is 0. The standard InChI is InChI=1S/C6H4FO2P/c7-5-1-3-6(4-2-5)10(8)9/h1-4H/p+1. The summed E-state index contributed by atoms with van der Waals surface area (Å²) >= 11 is 0. The van der Waals surface area contributed by atoms with Crippen molar-refractivity contribution in [2.75, 3.05) is 0 Å². The second-order valence-corrected chi connectivity index (χ2v) is 2.81. The van der Waals surface area contributed by atoms with Crippen LogP contribution in [0.15, 0.2) is 24.3 Å². The lowest BCUT2D eigenvalue weighted by atomic mass is 10.4. The molecule has 0 spiro atoms. The molecule has 1 atom stereocenters. The molecule has 0 aliphatic rings. The molecule has 0 saturated heterocycles. The monoisotopic (exact) mass is 159 g/mol. The van der Waals surface area contributed by atoms with Gasteiger partial charge < -0.3 is 0 Å². The van der Waals surface area contributed by atoms with E-state index >= 15 is 0 Å². The van der Waals surface area contributed by atoms with E-state index in [9.17, 15) is 8.96 Å². The Kier molecular flexibility index (Phi) is 2.10. The van der Waals surface area contributed by atoms with Crippen LogP contribution in [0.5, 0.6) is 0 Å². The fourth-order valence-electron chi connectivity index (χ4n) is 0.569. The molecule has 0 aromatic heterocycles. The summed E-state index contributed by atoms with van der Waals surface area (Å²) < 4.78 is 22.5. The van der Waals surface area contributed by atoms with Gasteiger partial charge in [0.25, 0.3) is 0 Å². The summed E-state index contributed by atoms with van der Waals surface area (Å²) in [6.07, 6.45) is 0. The molecule has 1 N–H and O–H groups in total. The van der Waals surface area contributed by atoms with Gasteiger partial charge in [0, 0.05) is 0 Å². The predicted octanol–water partition coefficient (Wildman–Crippen LogP) is 1.19. The van der Waals surface area contributed by atoms with Gasteiger partial charge in [-0.15, -0.1) is 0 Å². The lowest BCUT2D eigenvalue weighted by Crippen LogP contribution is -1.93. The van der Waals surface area contributed by atoms with Crippen LogP contribution in [0.3, 0.4) is 0 Å². The number of hydrogen-bond donors (Lipinski definition) is 1. The third kappa shape index (κ3) is 1.59. The van der Waals surface area contributed by atoms with Gasteiger partial charge in [-0.3, -0.25) is 0 Å². The Hall–Kier alpha value is -0.790. The summed E-state index contributed by atoms with van der Waals surface area (Å²) in [5.41, 5.74) is 0. The van der Waals surface area contributed by atoms with Crippen LogP contribution in [0, 0.1) is 5.82 Å². The predicted molar refractivity (Wildman–Crippen MR) is 35.9 cm³/mol. The Morgan fingerprint density at radius 3 is 2.20 bits per heavy atom. The van der Waals surface area contributed by atoms with Crippen molar-refractivity contribution in [2.45, 2.75) is 0 Å². The minimum atomic E-state index is -2.32. The summed E-state index contributed by atoms with van der Waals surface area (Å²) in [4.78, 5) is 8.50. The van der Waals surface area contributed by atoms with Crippen molar-refractivity contribution in [3.8, 4) is 0 Å². The highest BCUT2D eigenvalue weighted by Gasteiger charge is 2.14. The van der Waals surface area contributed by atoms with Gasteiger partial charge in [-0.2, -0.15) is 4.89 Å². The van der Waals surface area contributed by atoms with Crippen LogP contribution in [0.4, 0.5) is 4.39 Å². The van der Waals surface area contributed by atoms with Crippen molar-refractivity contribution in [3.05, 3.63) is 30.1 Å². The van der Waals surface area contributed by atoms with Gasteiger partial charge >= 0.3 is 8.03 Å². The Balaban J connectivity index is 3.00. The molecular weight excluding hydrogens is 154 g/mol. The molecule has 0 amide bonds. The highest BCUT2D eigenvalue weighted by Crippen LogP contribution is 2.11. The molecule has 1 aromatic rings. The molecule has 1 rings (SSSR count). The Morgan fingerprint density at radius 2 is 1.80 bits per heavy atom. The second-order valence-electron chi connectivity index (χ2n) is 1.75. The number of hydrogen-bond acceptors (Lipinski definition) is 1. The highest BCUT2D eigenvalue weighted by atomic mass is 31.1. The van der Waals surface area contributed by atoms with E-state index in [2.05, 4.69) is 0 Å². The fourth-order valence-corrected chi connectivity index (χ4v) is 0.973. The van der Waals surface area contributed by atoms with Gasteiger partial charge in [0.05, 0.1) is 0 Å². The summed E-state index contributed by atoms with van der Waals surface area (Å²) in [7, 11) is -2.32. The minimum Gasteiger partial charge on any atom is -0.207 e. The van der Waals surface area contributed by atoms with Gasteiger partial charge in [0.2, 0.25) is 5.30 Å². The van der Waals surface area contributed by atoms with Gasteiger partial charge in [0.1, 0.15) is 5.82 Å². The molecule has 0 bridgehead atoms. The van der Waals surface area contributed by atoms with E-state index in [1.165, 1.54) is 12.1 Å². The minimum absolute atomic E-state index is 0.247. The van der Waals surface area contributed by atoms with Crippen LogP contribution in [0.25, 0.3) is 0 Å². The van der Waals surface area contributed by atoms with Crippen molar-refractivity contribution in [2.24, 2.45) is 0 Å². The molecule has 0 aliphatic carbocycles. The van der Waals surface area contributed by atoms with E-state index in [1.807, 2.05) is 0 Å². The topological polar surface area (TPSA) is 37.3 Å². The van der Waals surface area contributed by atoms with Crippen molar-refractivity contribution in [1.29, 1.82) is 0 Å². The molecule has 4 heteroatoms. The average molecular weight is 159 g/mol. The maximum Gasteiger partial charge on any atom is 0.546 e. The number of rotatable bonds is 1. The quantitative estimate of drug-likeness (QED) is 0.625. The number of halogens is 1. The van der Waals surface area contributed by atoms with Crippen LogP contribution < -0.4 is 5.30 Å². The summed E-state index contributed by atoms with van der Waals surface area (Å²) in [6, 6.07) is 4.87. The molecule has 10 heavy (non-hydrogen) atoms. The first kappa shape index (κ1) is 7.32. The maximum absolute atomic E-state index is 12.2. The SMILES string of the molecule is O=[P+](O)c1ccc(F)cc1. The molecule has 0 heterocycles. The van der Waals surface area contributed by atoms with Crippen molar-refractivity contribution < 1.29 is 13.8 Å². The largest absolute Gasteiger partial charge is 0.546 e. The van der Waals surface area contributed by atoms with Crippen LogP contribution in [-0.2, 0) is 4.57 Å².